The van der Waals surface area contributed by atoms with E-state index in [1.807, 2.05) is 36.4 Å². The topological polar surface area (TPSA) is 46.0 Å². The van der Waals surface area contributed by atoms with Crippen molar-refractivity contribution in [2.45, 2.75) is 6.10 Å². The zero-order valence-corrected chi connectivity index (χ0v) is 11.6. The summed E-state index contributed by atoms with van der Waals surface area (Å²) < 4.78 is 0.849. The van der Waals surface area contributed by atoms with Gasteiger partial charge in [-0.1, -0.05) is 18.2 Å². The van der Waals surface area contributed by atoms with Gasteiger partial charge in [0.25, 0.3) is 0 Å². The average Bonchev–Trinajstić information content (AvgIpc) is 2.46. The van der Waals surface area contributed by atoms with Gasteiger partial charge in [0.2, 0.25) is 0 Å². The Balaban J connectivity index is 2.14. The second kappa shape index (κ2) is 5.07. The molecule has 3 nitrogen and oxygen atoms in total. The van der Waals surface area contributed by atoms with Gasteiger partial charge in [0.15, 0.2) is 0 Å². The summed E-state index contributed by atoms with van der Waals surface area (Å²) in [4.78, 5) is 8.39. The second-order valence-electron chi connectivity index (χ2n) is 4.26. The molecule has 1 aromatic carbocycles. The molecule has 2 heterocycles. The predicted octanol–water partition coefficient (Wildman–Crippen LogP) is 3.47. The predicted molar refractivity (Wildman–Crippen MR) is 77.7 cm³/mol. The van der Waals surface area contributed by atoms with Gasteiger partial charge in [0.1, 0.15) is 6.10 Å². The van der Waals surface area contributed by atoms with Crippen molar-refractivity contribution in [2.75, 3.05) is 0 Å². The SMILES string of the molecule is OC(c1cncc(Br)c1)c1cccc2ncccc12. The Labute approximate surface area is 119 Å². The largest absolute Gasteiger partial charge is 0.384 e. The van der Waals surface area contributed by atoms with Crippen molar-refractivity contribution < 1.29 is 5.11 Å². The Hall–Kier alpha value is -1.78. The van der Waals surface area contributed by atoms with E-state index in [4.69, 9.17) is 0 Å². The molecule has 1 unspecified atom stereocenters. The number of fused-ring (bicyclic) bond motifs is 1. The van der Waals surface area contributed by atoms with Crippen molar-refractivity contribution in [3.05, 3.63) is 70.6 Å². The minimum atomic E-state index is -0.710. The van der Waals surface area contributed by atoms with E-state index in [2.05, 4.69) is 25.9 Å². The third-order valence-corrected chi connectivity index (χ3v) is 3.45. The minimum absolute atomic E-state index is 0.710. The number of nitrogens with zero attached hydrogens (tertiary/aromatic N) is 2. The van der Waals surface area contributed by atoms with Crippen LogP contribution >= 0.6 is 15.9 Å². The molecule has 0 bridgehead atoms. The molecule has 0 aliphatic rings. The minimum Gasteiger partial charge on any atom is -0.384 e. The van der Waals surface area contributed by atoms with Gasteiger partial charge in [-0.05, 0) is 39.7 Å². The summed E-state index contributed by atoms with van der Waals surface area (Å²) in [6.07, 6.45) is 4.41. The van der Waals surface area contributed by atoms with Crippen LogP contribution in [0.25, 0.3) is 10.9 Å². The van der Waals surface area contributed by atoms with Gasteiger partial charge in [-0.2, -0.15) is 0 Å². The summed E-state index contributed by atoms with van der Waals surface area (Å²) in [5.41, 5.74) is 2.47. The fourth-order valence-corrected chi connectivity index (χ4v) is 2.51. The standard InChI is InChI=1S/C15H11BrN2O/c16-11-7-10(8-17-9-11)15(19)13-3-1-5-14-12(13)4-2-6-18-14/h1-9,15,19H. The number of aromatic nitrogens is 2. The van der Waals surface area contributed by atoms with Crippen molar-refractivity contribution in [2.24, 2.45) is 0 Å². The summed E-state index contributed by atoms with van der Waals surface area (Å²) in [5.74, 6) is 0. The number of rotatable bonds is 2. The summed E-state index contributed by atoms with van der Waals surface area (Å²) in [6, 6.07) is 11.5. The first-order chi connectivity index (χ1) is 9.25. The summed E-state index contributed by atoms with van der Waals surface area (Å²) in [6.45, 7) is 0. The van der Waals surface area contributed by atoms with E-state index in [1.165, 1.54) is 0 Å². The highest BCUT2D eigenvalue weighted by molar-refractivity contribution is 9.10. The molecule has 0 fully saturated rings. The van der Waals surface area contributed by atoms with E-state index < -0.39 is 6.10 Å². The monoisotopic (exact) mass is 314 g/mol. The van der Waals surface area contributed by atoms with Crippen LogP contribution in [-0.2, 0) is 0 Å². The fraction of sp³-hybridized carbons (Fsp3) is 0.0667. The Morgan fingerprint density at radius 3 is 2.84 bits per heavy atom. The molecule has 0 saturated carbocycles. The van der Waals surface area contributed by atoms with Crippen LogP contribution in [0.4, 0.5) is 0 Å². The number of benzene rings is 1. The summed E-state index contributed by atoms with van der Waals surface area (Å²) in [5, 5.41) is 11.5. The van der Waals surface area contributed by atoms with E-state index >= 15 is 0 Å². The third kappa shape index (κ3) is 2.37. The Morgan fingerprint density at radius 1 is 1.11 bits per heavy atom. The molecule has 0 spiro atoms. The van der Waals surface area contributed by atoms with Gasteiger partial charge in [0.05, 0.1) is 5.52 Å². The van der Waals surface area contributed by atoms with E-state index in [0.717, 1.165) is 26.5 Å². The lowest BCUT2D eigenvalue weighted by atomic mass is 9.99. The first kappa shape index (κ1) is 12.3. The molecule has 0 radical (unpaired) electrons. The van der Waals surface area contributed by atoms with Gasteiger partial charge in [-0.3, -0.25) is 9.97 Å². The highest BCUT2D eigenvalue weighted by atomic mass is 79.9. The van der Waals surface area contributed by atoms with Crippen LogP contribution in [0.1, 0.15) is 17.2 Å². The highest BCUT2D eigenvalue weighted by Gasteiger charge is 2.14. The number of hydrogen-bond donors (Lipinski definition) is 1. The Bertz CT molecular complexity index is 725. The highest BCUT2D eigenvalue weighted by Crippen LogP contribution is 2.28. The van der Waals surface area contributed by atoms with E-state index in [1.54, 1.807) is 18.6 Å². The van der Waals surface area contributed by atoms with Crippen LogP contribution in [0.5, 0.6) is 0 Å². The molecule has 0 aliphatic heterocycles. The van der Waals surface area contributed by atoms with Crippen LogP contribution < -0.4 is 0 Å². The van der Waals surface area contributed by atoms with E-state index in [-0.39, 0.29) is 0 Å². The maximum atomic E-state index is 10.5. The molecule has 4 heteroatoms. The molecule has 0 amide bonds. The zero-order chi connectivity index (χ0) is 13.2. The third-order valence-electron chi connectivity index (χ3n) is 3.02. The summed E-state index contributed by atoms with van der Waals surface area (Å²) >= 11 is 3.37. The summed E-state index contributed by atoms with van der Waals surface area (Å²) in [7, 11) is 0. The van der Waals surface area contributed by atoms with E-state index in [0.29, 0.717) is 0 Å². The lowest BCUT2D eigenvalue weighted by Crippen LogP contribution is -2.01. The van der Waals surface area contributed by atoms with Crippen LogP contribution in [0, 0.1) is 0 Å². The molecule has 1 N–H and O–H groups in total. The molecule has 0 saturated heterocycles. The Morgan fingerprint density at radius 2 is 2.00 bits per heavy atom. The van der Waals surface area contributed by atoms with Crippen LogP contribution in [-0.4, -0.2) is 15.1 Å². The number of aliphatic hydroxyl groups excluding tert-OH is 1. The van der Waals surface area contributed by atoms with Crippen LogP contribution in [0.3, 0.4) is 0 Å². The van der Waals surface area contributed by atoms with Gasteiger partial charge in [-0.25, -0.2) is 0 Å². The van der Waals surface area contributed by atoms with Crippen LogP contribution in [0.2, 0.25) is 0 Å². The fourth-order valence-electron chi connectivity index (χ4n) is 2.12. The molecule has 2 aromatic heterocycles. The molecule has 3 rings (SSSR count). The lowest BCUT2D eigenvalue weighted by Gasteiger charge is -2.13. The molecular formula is C15H11BrN2O. The first-order valence-corrected chi connectivity index (χ1v) is 6.67. The zero-order valence-electron chi connectivity index (χ0n) is 9.99. The quantitative estimate of drug-likeness (QED) is 0.787. The first-order valence-electron chi connectivity index (χ1n) is 5.88. The number of aliphatic hydroxyl groups is 1. The molecule has 94 valence electrons. The maximum Gasteiger partial charge on any atom is 0.106 e. The van der Waals surface area contributed by atoms with Crippen molar-refractivity contribution >= 4 is 26.8 Å². The molecule has 3 aromatic rings. The smallest absolute Gasteiger partial charge is 0.106 e. The lowest BCUT2D eigenvalue weighted by molar-refractivity contribution is 0.221. The van der Waals surface area contributed by atoms with Crippen molar-refractivity contribution in [1.82, 2.24) is 9.97 Å². The van der Waals surface area contributed by atoms with Gasteiger partial charge < -0.3 is 5.11 Å². The average molecular weight is 315 g/mol. The van der Waals surface area contributed by atoms with E-state index in [9.17, 15) is 5.11 Å². The van der Waals surface area contributed by atoms with Gasteiger partial charge in [-0.15, -0.1) is 0 Å². The van der Waals surface area contributed by atoms with Crippen molar-refractivity contribution in [3.63, 3.8) is 0 Å². The van der Waals surface area contributed by atoms with Crippen molar-refractivity contribution in [1.29, 1.82) is 0 Å². The second-order valence-corrected chi connectivity index (χ2v) is 5.17. The molecule has 1 atom stereocenters. The normalized spacial score (nSPS) is 12.5. The van der Waals surface area contributed by atoms with Crippen molar-refractivity contribution in [3.8, 4) is 0 Å². The number of halogens is 1. The van der Waals surface area contributed by atoms with Gasteiger partial charge in [0, 0.05) is 34.0 Å². The number of pyridine rings is 2. The molecule has 19 heavy (non-hydrogen) atoms. The van der Waals surface area contributed by atoms with Gasteiger partial charge >= 0.3 is 0 Å². The molecular weight excluding hydrogens is 304 g/mol. The van der Waals surface area contributed by atoms with Crippen LogP contribution in [0.15, 0.2) is 59.5 Å². The number of hydrogen-bond acceptors (Lipinski definition) is 3. The Kier molecular flexibility index (Phi) is 3.27. The molecule has 0 aliphatic carbocycles. The maximum absolute atomic E-state index is 10.5.